The highest BCUT2D eigenvalue weighted by molar-refractivity contribution is 5.76. The molecule has 0 aliphatic rings. The molecule has 0 rings (SSSR count). The van der Waals surface area contributed by atoms with Gasteiger partial charge in [0.1, 0.15) is 0 Å². The van der Waals surface area contributed by atoms with Gasteiger partial charge >= 0.3 is 0 Å². The van der Waals surface area contributed by atoms with Crippen LogP contribution in [0.25, 0.3) is 0 Å². The van der Waals surface area contributed by atoms with E-state index in [4.69, 9.17) is 5.11 Å². The van der Waals surface area contributed by atoms with Gasteiger partial charge in [0, 0.05) is 18.2 Å². The Morgan fingerprint density at radius 3 is 2.62 bits per heavy atom. The first kappa shape index (κ1) is 7.23. The Morgan fingerprint density at radius 2 is 2.25 bits per heavy atom. The van der Waals surface area contributed by atoms with E-state index in [0.29, 0.717) is 6.42 Å². The fourth-order valence-electron chi connectivity index (χ4n) is 0.276. The first-order valence-electron chi connectivity index (χ1n) is 2.28. The number of hydrogen-bond acceptors (Lipinski definition) is 3. The third-order valence-electron chi connectivity index (χ3n) is 0.651. The van der Waals surface area contributed by atoms with Crippen molar-refractivity contribution in [2.45, 2.75) is 12.8 Å². The van der Waals surface area contributed by atoms with E-state index < -0.39 is 5.91 Å². The fraction of sp³-hybridized carbons (Fsp3) is 0.750. The summed E-state index contributed by atoms with van der Waals surface area (Å²) in [6.07, 6.45) is 0.380. The number of carbonyl (C=O) groups is 1. The smallest absolute Gasteiger partial charge is 0.286 e. The lowest BCUT2D eigenvalue weighted by atomic mass is 10.3. The van der Waals surface area contributed by atoms with Gasteiger partial charge < -0.3 is 5.11 Å². The largest absolute Gasteiger partial charge is 0.396 e. The lowest BCUT2D eigenvalue weighted by molar-refractivity contribution is -0.118. The maximum absolute atomic E-state index is 9.98. The number of aliphatic hydroxyl groups is 1. The Labute approximate surface area is 46.5 Å². The molecule has 0 heterocycles. The van der Waals surface area contributed by atoms with E-state index in [9.17, 15) is 9.70 Å². The van der Waals surface area contributed by atoms with Crippen molar-refractivity contribution in [1.82, 2.24) is 0 Å². The van der Waals surface area contributed by atoms with Gasteiger partial charge in [-0.2, -0.15) is 0 Å². The highest BCUT2D eigenvalue weighted by Crippen LogP contribution is 1.88. The fourth-order valence-corrected chi connectivity index (χ4v) is 0.276. The van der Waals surface area contributed by atoms with Crippen LogP contribution in [0.4, 0.5) is 0 Å². The highest BCUT2D eigenvalue weighted by atomic mass is 16.3. The molecule has 0 aliphatic carbocycles. The Hall–Kier alpha value is -0.770. The minimum atomic E-state index is -0.695. The predicted octanol–water partition coefficient (Wildman–Crippen LogP) is 0.0519. The molecule has 0 saturated heterocycles. The van der Waals surface area contributed by atoms with E-state index in [1.807, 2.05) is 0 Å². The van der Waals surface area contributed by atoms with Crippen LogP contribution in [0.3, 0.4) is 0 Å². The maximum Gasteiger partial charge on any atom is 0.286 e. The summed E-state index contributed by atoms with van der Waals surface area (Å²) in [5.74, 6) is -0.695. The molecule has 4 heteroatoms. The zero-order valence-corrected chi connectivity index (χ0v) is 4.33. The van der Waals surface area contributed by atoms with Crippen molar-refractivity contribution in [1.29, 1.82) is 0 Å². The normalized spacial score (nSPS) is 8.62. The number of nitroso groups, excluding NO2 is 1. The molecule has 1 N–H and O–H groups in total. The second-order valence-corrected chi connectivity index (χ2v) is 1.31. The van der Waals surface area contributed by atoms with Gasteiger partial charge in [0.25, 0.3) is 5.91 Å². The number of amides is 1. The SMILES string of the molecule is O=NC(=O)CCCO. The third-order valence-corrected chi connectivity index (χ3v) is 0.651. The van der Waals surface area contributed by atoms with Crippen LogP contribution in [0.1, 0.15) is 12.8 Å². The van der Waals surface area contributed by atoms with Crippen LogP contribution < -0.4 is 0 Å². The Kier molecular flexibility index (Phi) is 3.97. The van der Waals surface area contributed by atoms with Gasteiger partial charge in [0.05, 0.1) is 0 Å². The number of carbonyl (C=O) groups excluding carboxylic acids is 1. The van der Waals surface area contributed by atoms with Crippen molar-refractivity contribution in [3.63, 3.8) is 0 Å². The number of nitrogens with zero attached hydrogens (tertiary/aromatic N) is 1. The van der Waals surface area contributed by atoms with Gasteiger partial charge in [-0.1, -0.05) is 0 Å². The minimum Gasteiger partial charge on any atom is -0.396 e. The molecule has 0 unspecified atom stereocenters. The van der Waals surface area contributed by atoms with Crippen molar-refractivity contribution in [3.8, 4) is 0 Å². The van der Waals surface area contributed by atoms with Crippen LogP contribution in [0.5, 0.6) is 0 Å². The van der Waals surface area contributed by atoms with Gasteiger partial charge in [-0.05, 0) is 6.42 Å². The number of hydrogen-bond donors (Lipinski definition) is 1. The van der Waals surface area contributed by atoms with Crippen LogP contribution >= 0.6 is 0 Å². The Morgan fingerprint density at radius 1 is 1.62 bits per heavy atom. The molecule has 0 saturated carbocycles. The van der Waals surface area contributed by atoms with E-state index in [2.05, 4.69) is 5.18 Å². The molecular formula is C4H7NO3. The average molecular weight is 117 g/mol. The summed E-state index contributed by atoms with van der Waals surface area (Å²) in [6.45, 7) is -0.0682. The van der Waals surface area contributed by atoms with E-state index >= 15 is 0 Å². The molecule has 0 aromatic rings. The van der Waals surface area contributed by atoms with Crippen molar-refractivity contribution in [3.05, 3.63) is 4.91 Å². The van der Waals surface area contributed by atoms with Crippen LogP contribution in [0.15, 0.2) is 5.18 Å². The van der Waals surface area contributed by atoms with Crippen LogP contribution in [0, 0.1) is 4.91 Å². The molecule has 0 aromatic carbocycles. The van der Waals surface area contributed by atoms with E-state index in [0.717, 1.165) is 0 Å². The van der Waals surface area contributed by atoms with Crippen molar-refractivity contribution >= 4 is 5.91 Å². The first-order chi connectivity index (χ1) is 3.81. The molecular weight excluding hydrogens is 110 g/mol. The van der Waals surface area contributed by atoms with Crippen molar-refractivity contribution in [2.75, 3.05) is 6.61 Å². The molecule has 1 amide bonds. The molecule has 46 valence electrons. The summed E-state index contributed by atoms with van der Waals surface area (Å²) >= 11 is 0. The predicted molar refractivity (Wildman–Crippen MR) is 27.1 cm³/mol. The third kappa shape index (κ3) is 3.42. The number of rotatable bonds is 3. The van der Waals surface area contributed by atoms with Gasteiger partial charge in [-0.15, -0.1) is 4.91 Å². The lowest BCUT2D eigenvalue weighted by Crippen LogP contribution is -1.92. The number of aliphatic hydroxyl groups excluding tert-OH is 1. The average Bonchev–Trinajstić information content (AvgIpc) is 1.83. The summed E-state index contributed by atoms with van der Waals surface area (Å²) in [6, 6.07) is 0. The van der Waals surface area contributed by atoms with Crippen LogP contribution in [-0.2, 0) is 4.79 Å². The van der Waals surface area contributed by atoms with Crippen LogP contribution in [-0.4, -0.2) is 17.6 Å². The molecule has 0 radical (unpaired) electrons. The van der Waals surface area contributed by atoms with Crippen molar-refractivity contribution in [2.24, 2.45) is 5.18 Å². The molecule has 0 aromatic heterocycles. The van der Waals surface area contributed by atoms with E-state index in [-0.39, 0.29) is 13.0 Å². The van der Waals surface area contributed by atoms with Crippen LogP contribution in [0.2, 0.25) is 0 Å². The molecule has 4 nitrogen and oxygen atoms in total. The van der Waals surface area contributed by atoms with Gasteiger partial charge in [-0.25, -0.2) is 0 Å². The summed E-state index contributed by atoms with van der Waals surface area (Å²) in [7, 11) is 0. The monoisotopic (exact) mass is 117 g/mol. The summed E-state index contributed by atoms with van der Waals surface area (Å²) in [5, 5.41) is 10.2. The van der Waals surface area contributed by atoms with E-state index in [1.165, 1.54) is 0 Å². The van der Waals surface area contributed by atoms with Gasteiger partial charge in [0.15, 0.2) is 0 Å². The second kappa shape index (κ2) is 4.39. The minimum absolute atomic E-state index is 0.0556. The molecule has 0 bridgehead atoms. The zero-order valence-electron chi connectivity index (χ0n) is 4.33. The van der Waals surface area contributed by atoms with E-state index in [1.54, 1.807) is 0 Å². The van der Waals surface area contributed by atoms with Crippen molar-refractivity contribution < 1.29 is 9.90 Å². The summed E-state index contributed by atoms with van der Waals surface area (Å²) in [4.78, 5) is 19.3. The standard InChI is InChI=1S/C4H7NO3/c6-3-1-2-4(7)5-8/h6H,1-3H2. The molecule has 0 spiro atoms. The topological polar surface area (TPSA) is 66.7 Å². The lowest BCUT2D eigenvalue weighted by Gasteiger charge is -1.84. The Bertz CT molecular complexity index is 91.3. The molecule has 0 fully saturated rings. The summed E-state index contributed by atoms with van der Waals surface area (Å²) in [5.41, 5.74) is 0. The Balaban J connectivity index is 3.11. The molecule has 0 atom stereocenters. The van der Waals surface area contributed by atoms with Gasteiger partial charge in [0.2, 0.25) is 0 Å². The molecule has 0 aliphatic heterocycles. The molecule has 8 heavy (non-hydrogen) atoms. The van der Waals surface area contributed by atoms with Gasteiger partial charge in [-0.3, -0.25) is 4.79 Å². The first-order valence-corrected chi connectivity index (χ1v) is 2.28. The summed E-state index contributed by atoms with van der Waals surface area (Å²) < 4.78 is 0. The highest BCUT2D eigenvalue weighted by Gasteiger charge is 1.96. The second-order valence-electron chi connectivity index (χ2n) is 1.31. The maximum atomic E-state index is 9.98. The quantitative estimate of drug-likeness (QED) is 0.531. The zero-order chi connectivity index (χ0) is 6.41.